The molecule has 78 valence electrons. The predicted molar refractivity (Wildman–Crippen MR) is 56.7 cm³/mol. The minimum absolute atomic E-state index is 0.194. The normalized spacial score (nSPS) is 10.1. The first-order valence-corrected chi connectivity index (χ1v) is 5.41. The van der Waals surface area contributed by atoms with Crippen LogP contribution in [0.2, 0.25) is 0 Å². The lowest BCUT2D eigenvalue weighted by molar-refractivity contribution is 0.0949. The van der Waals surface area contributed by atoms with Gasteiger partial charge in [-0.2, -0.15) is 0 Å². The highest BCUT2D eigenvalue weighted by atomic mass is 32.1. The van der Waals surface area contributed by atoms with E-state index in [0.29, 0.717) is 12.2 Å². The molecule has 0 aliphatic rings. The van der Waals surface area contributed by atoms with Crippen molar-refractivity contribution in [1.82, 2.24) is 20.7 Å². The van der Waals surface area contributed by atoms with Crippen LogP contribution in [0.4, 0.5) is 0 Å². The van der Waals surface area contributed by atoms with E-state index < -0.39 is 0 Å². The molecule has 0 spiro atoms. The van der Waals surface area contributed by atoms with Gasteiger partial charge in [-0.05, 0) is 17.9 Å². The lowest BCUT2D eigenvalue weighted by Gasteiger charge is -2.00. The zero-order valence-electron chi connectivity index (χ0n) is 7.93. The van der Waals surface area contributed by atoms with E-state index in [0.717, 1.165) is 6.42 Å². The molecule has 0 aliphatic carbocycles. The first-order valence-electron chi connectivity index (χ1n) is 4.53. The fraction of sp³-hybridized carbons (Fsp3) is 0.222. The van der Waals surface area contributed by atoms with E-state index in [1.54, 1.807) is 11.3 Å². The molecule has 0 aliphatic heterocycles. The molecule has 2 rings (SSSR count). The molecule has 2 aromatic rings. The second-order valence-corrected chi connectivity index (χ2v) is 3.98. The molecule has 2 N–H and O–H groups in total. The van der Waals surface area contributed by atoms with E-state index >= 15 is 0 Å². The van der Waals surface area contributed by atoms with Gasteiger partial charge >= 0.3 is 0 Å². The van der Waals surface area contributed by atoms with E-state index in [1.165, 1.54) is 11.1 Å². The number of nitrogens with zero attached hydrogens (tertiary/aromatic N) is 2. The van der Waals surface area contributed by atoms with Crippen LogP contribution < -0.4 is 5.32 Å². The summed E-state index contributed by atoms with van der Waals surface area (Å²) in [5.41, 5.74) is 0.321. The summed E-state index contributed by atoms with van der Waals surface area (Å²) in [7, 11) is 0. The molecule has 5 nitrogen and oxygen atoms in total. The lowest BCUT2D eigenvalue weighted by Crippen LogP contribution is -2.25. The highest BCUT2D eigenvalue weighted by Gasteiger charge is 2.06. The SMILES string of the molecule is O=C(NCCc1cccs1)c1c[nH]nn1. The maximum absolute atomic E-state index is 11.4. The number of amides is 1. The van der Waals surface area contributed by atoms with Crippen LogP contribution in [0.3, 0.4) is 0 Å². The number of aromatic nitrogens is 3. The third-order valence-corrected chi connectivity index (χ3v) is 2.82. The molecule has 6 heteroatoms. The summed E-state index contributed by atoms with van der Waals surface area (Å²) in [6.45, 7) is 0.617. The number of aromatic amines is 1. The Hall–Kier alpha value is -1.69. The largest absolute Gasteiger partial charge is 0.350 e. The molecule has 2 aromatic heterocycles. The van der Waals surface area contributed by atoms with Crippen molar-refractivity contribution in [3.8, 4) is 0 Å². The van der Waals surface area contributed by atoms with Crippen LogP contribution in [0.1, 0.15) is 15.4 Å². The number of nitrogens with one attached hydrogen (secondary N) is 2. The van der Waals surface area contributed by atoms with Gasteiger partial charge < -0.3 is 5.32 Å². The third kappa shape index (κ3) is 2.63. The van der Waals surface area contributed by atoms with Crippen LogP contribution in [-0.4, -0.2) is 27.9 Å². The molecule has 0 saturated heterocycles. The Labute approximate surface area is 90.5 Å². The van der Waals surface area contributed by atoms with Crippen LogP contribution in [-0.2, 0) is 6.42 Å². The highest BCUT2D eigenvalue weighted by Crippen LogP contribution is 2.08. The van der Waals surface area contributed by atoms with Crippen molar-refractivity contribution in [2.75, 3.05) is 6.54 Å². The predicted octanol–water partition coefficient (Wildman–Crippen LogP) is 0.839. The van der Waals surface area contributed by atoms with Crippen molar-refractivity contribution in [1.29, 1.82) is 0 Å². The zero-order chi connectivity index (χ0) is 10.5. The van der Waals surface area contributed by atoms with E-state index in [1.807, 2.05) is 17.5 Å². The van der Waals surface area contributed by atoms with Crippen LogP contribution in [0.15, 0.2) is 23.7 Å². The molecule has 0 fully saturated rings. The van der Waals surface area contributed by atoms with Gasteiger partial charge in [0.05, 0.1) is 6.20 Å². The number of hydrogen-bond donors (Lipinski definition) is 2. The fourth-order valence-electron chi connectivity index (χ4n) is 1.16. The van der Waals surface area contributed by atoms with E-state index in [-0.39, 0.29) is 5.91 Å². The number of hydrogen-bond acceptors (Lipinski definition) is 4. The van der Waals surface area contributed by atoms with Gasteiger partial charge in [0.2, 0.25) is 0 Å². The second kappa shape index (κ2) is 4.70. The quantitative estimate of drug-likeness (QED) is 0.805. The van der Waals surface area contributed by atoms with E-state index in [2.05, 4.69) is 20.7 Å². The van der Waals surface area contributed by atoms with Crippen molar-refractivity contribution in [3.63, 3.8) is 0 Å². The number of thiophene rings is 1. The smallest absolute Gasteiger partial charge is 0.273 e. The second-order valence-electron chi connectivity index (χ2n) is 2.94. The first kappa shape index (κ1) is 9.85. The molecule has 15 heavy (non-hydrogen) atoms. The standard InChI is InChI=1S/C9H10N4OS/c14-9(8-6-11-13-12-8)10-4-3-7-2-1-5-15-7/h1-2,5-6H,3-4H2,(H,10,14)(H,11,12,13). The average molecular weight is 222 g/mol. The Morgan fingerprint density at radius 2 is 2.53 bits per heavy atom. The molecule has 0 radical (unpaired) electrons. The Bertz CT molecular complexity index is 409. The fourth-order valence-corrected chi connectivity index (χ4v) is 1.87. The zero-order valence-corrected chi connectivity index (χ0v) is 8.75. The van der Waals surface area contributed by atoms with Crippen molar-refractivity contribution in [2.24, 2.45) is 0 Å². The van der Waals surface area contributed by atoms with Gasteiger partial charge in [-0.25, -0.2) is 0 Å². The topological polar surface area (TPSA) is 70.7 Å². The molecule has 0 unspecified atom stereocenters. The molecule has 0 aromatic carbocycles. The van der Waals surface area contributed by atoms with Crippen LogP contribution >= 0.6 is 11.3 Å². The third-order valence-electron chi connectivity index (χ3n) is 1.89. The monoisotopic (exact) mass is 222 g/mol. The van der Waals surface area contributed by atoms with Gasteiger partial charge in [0.1, 0.15) is 0 Å². The molecular formula is C9H10N4OS. The number of carbonyl (C=O) groups excluding carboxylic acids is 1. The van der Waals surface area contributed by atoms with E-state index in [9.17, 15) is 4.79 Å². The van der Waals surface area contributed by atoms with Crippen LogP contribution in [0, 0.1) is 0 Å². The van der Waals surface area contributed by atoms with Crippen LogP contribution in [0.25, 0.3) is 0 Å². The van der Waals surface area contributed by atoms with Crippen molar-refractivity contribution in [2.45, 2.75) is 6.42 Å². The number of carbonyl (C=O) groups is 1. The van der Waals surface area contributed by atoms with Gasteiger partial charge in [0, 0.05) is 11.4 Å². The summed E-state index contributed by atoms with van der Waals surface area (Å²) in [6.07, 6.45) is 2.32. The molecule has 0 bridgehead atoms. The van der Waals surface area contributed by atoms with Gasteiger partial charge in [0.15, 0.2) is 5.69 Å². The summed E-state index contributed by atoms with van der Waals surface area (Å²) in [5.74, 6) is -0.194. The Balaban J connectivity index is 1.77. The van der Waals surface area contributed by atoms with Gasteiger partial charge in [-0.15, -0.1) is 16.4 Å². The molecular weight excluding hydrogens is 212 g/mol. The Kier molecular flexibility index (Phi) is 3.08. The van der Waals surface area contributed by atoms with Crippen LogP contribution in [0.5, 0.6) is 0 Å². The summed E-state index contributed by atoms with van der Waals surface area (Å²) in [5, 5.41) is 14.4. The molecule has 2 heterocycles. The average Bonchev–Trinajstić information content (AvgIpc) is 2.90. The maximum Gasteiger partial charge on any atom is 0.273 e. The van der Waals surface area contributed by atoms with Gasteiger partial charge in [-0.3, -0.25) is 9.89 Å². The number of H-pyrrole nitrogens is 1. The molecule has 0 saturated carbocycles. The summed E-state index contributed by atoms with van der Waals surface area (Å²) in [6, 6.07) is 4.05. The summed E-state index contributed by atoms with van der Waals surface area (Å²) < 4.78 is 0. The van der Waals surface area contributed by atoms with E-state index in [4.69, 9.17) is 0 Å². The summed E-state index contributed by atoms with van der Waals surface area (Å²) >= 11 is 1.69. The molecule has 0 atom stereocenters. The maximum atomic E-state index is 11.4. The minimum atomic E-state index is -0.194. The summed E-state index contributed by atoms with van der Waals surface area (Å²) in [4.78, 5) is 12.7. The van der Waals surface area contributed by atoms with Gasteiger partial charge in [0.25, 0.3) is 5.91 Å². The Morgan fingerprint density at radius 1 is 1.60 bits per heavy atom. The van der Waals surface area contributed by atoms with Crippen molar-refractivity contribution < 1.29 is 4.79 Å². The van der Waals surface area contributed by atoms with Crippen molar-refractivity contribution in [3.05, 3.63) is 34.3 Å². The van der Waals surface area contributed by atoms with Crippen molar-refractivity contribution >= 4 is 17.2 Å². The number of rotatable bonds is 4. The first-order chi connectivity index (χ1) is 7.36. The Morgan fingerprint density at radius 3 is 3.20 bits per heavy atom. The van der Waals surface area contributed by atoms with Gasteiger partial charge in [-0.1, -0.05) is 11.3 Å². The highest BCUT2D eigenvalue weighted by molar-refractivity contribution is 7.09. The lowest BCUT2D eigenvalue weighted by atomic mass is 10.3. The molecule has 1 amide bonds. The minimum Gasteiger partial charge on any atom is -0.350 e.